The minimum absolute atomic E-state index is 0. The number of nitrogens with one attached hydrogen (secondary N) is 1. The summed E-state index contributed by atoms with van der Waals surface area (Å²) in [5.74, 6) is -0.0345. The number of rotatable bonds is 6. The first-order valence-corrected chi connectivity index (χ1v) is 8.40. The van der Waals surface area contributed by atoms with E-state index >= 15 is 0 Å². The van der Waals surface area contributed by atoms with E-state index in [4.69, 9.17) is 0 Å². The number of amides is 1. The lowest BCUT2D eigenvalue weighted by Crippen LogP contribution is -2.48. The van der Waals surface area contributed by atoms with Crippen LogP contribution in [0.1, 0.15) is 30.1 Å². The lowest BCUT2D eigenvalue weighted by Gasteiger charge is -2.28. The molecule has 1 fully saturated rings. The van der Waals surface area contributed by atoms with Crippen molar-refractivity contribution in [1.29, 1.82) is 0 Å². The standard InChI is InChI=1S/C19H23N3O2.2ClH/c23-18(16-8-10-20-11-9-16)17(19(24)22-12-4-5-13-22)21-14-15-6-2-1-3-7-15;;/h1-3,6-11,17-18,21,23H,4-5,12-14H2;2*1H. The summed E-state index contributed by atoms with van der Waals surface area (Å²) in [6, 6.07) is 12.7. The van der Waals surface area contributed by atoms with E-state index in [0.717, 1.165) is 31.5 Å². The molecule has 2 aromatic rings. The molecule has 142 valence electrons. The summed E-state index contributed by atoms with van der Waals surface area (Å²) in [6.45, 7) is 2.07. The number of benzene rings is 1. The summed E-state index contributed by atoms with van der Waals surface area (Å²) in [5, 5.41) is 14.0. The molecule has 26 heavy (non-hydrogen) atoms. The van der Waals surface area contributed by atoms with Crippen molar-refractivity contribution in [3.8, 4) is 0 Å². The lowest BCUT2D eigenvalue weighted by molar-refractivity contribution is -0.135. The molecule has 3 rings (SSSR count). The topological polar surface area (TPSA) is 65.5 Å². The Hall–Kier alpha value is -1.66. The second-order valence-electron chi connectivity index (χ2n) is 6.10. The summed E-state index contributed by atoms with van der Waals surface area (Å²) >= 11 is 0. The monoisotopic (exact) mass is 397 g/mol. The maximum atomic E-state index is 12.9. The molecule has 0 saturated carbocycles. The van der Waals surface area contributed by atoms with Crippen molar-refractivity contribution in [2.45, 2.75) is 31.5 Å². The second kappa shape index (κ2) is 11.1. The Bertz CT molecular complexity index is 652. The molecule has 1 aromatic carbocycles. The second-order valence-corrected chi connectivity index (χ2v) is 6.10. The lowest BCUT2D eigenvalue weighted by atomic mass is 10.0. The highest BCUT2D eigenvalue weighted by Gasteiger charge is 2.32. The van der Waals surface area contributed by atoms with Gasteiger partial charge in [-0.2, -0.15) is 0 Å². The highest BCUT2D eigenvalue weighted by molar-refractivity contribution is 5.85. The molecule has 2 unspecified atom stereocenters. The molecule has 2 N–H and O–H groups in total. The molecule has 1 aliphatic heterocycles. The molecule has 0 aliphatic carbocycles. The fraction of sp³-hybridized carbons (Fsp3) is 0.368. The molecule has 0 radical (unpaired) electrons. The fourth-order valence-corrected chi connectivity index (χ4v) is 3.04. The molecule has 1 saturated heterocycles. The Morgan fingerprint density at radius 2 is 1.69 bits per heavy atom. The predicted octanol–water partition coefficient (Wildman–Crippen LogP) is 2.74. The molecule has 1 aromatic heterocycles. The van der Waals surface area contributed by atoms with Gasteiger partial charge in [-0.05, 0) is 36.1 Å². The van der Waals surface area contributed by atoms with E-state index in [1.807, 2.05) is 35.2 Å². The highest BCUT2D eigenvalue weighted by Crippen LogP contribution is 2.20. The predicted molar refractivity (Wildman–Crippen MR) is 107 cm³/mol. The number of hydrogen-bond acceptors (Lipinski definition) is 4. The van der Waals surface area contributed by atoms with Gasteiger partial charge < -0.3 is 10.0 Å². The summed E-state index contributed by atoms with van der Waals surface area (Å²) in [6.07, 6.45) is 4.43. The SMILES string of the molecule is Cl.Cl.O=C(C(NCc1ccccc1)C(O)c1ccncc1)N1CCCC1. The molecule has 7 heteroatoms. The number of hydrogen-bond donors (Lipinski definition) is 2. The third-order valence-corrected chi connectivity index (χ3v) is 4.42. The Balaban J connectivity index is 0.00000169. The molecule has 5 nitrogen and oxygen atoms in total. The molecule has 1 aliphatic rings. The van der Waals surface area contributed by atoms with Gasteiger partial charge in [-0.25, -0.2) is 0 Å². The van der Waals surface area contributed by atoms with Crippen molar-refractivity contribution < 1.29 is 9.90 Å². The number of nitrogens with zero attached hydrogens (tertiary/aromatic N) is 2. The largest absolute Gasteiger partial charge is 0.386 e. The summed E-state index contributed by atoms with van der Waals surface area (Å²) in [5.41, 5.74) is 1.78. The number of aromatic nitrogens is 1. The van der Waals surface area contributed by atoms with E-state index in [2.05, 4.69) is 10.3 Å². The summed E-state index contributed by atoms with van der Waals surface area (Å²) < 4.78 is 0. The number of aliphatic hydroxyl groups is 1. The first kappa shape index (κ1) is 22.4. The Morgan fingerprint density at radius 1 is 1.08 bits per heavy atom. The van der Waals surface area contributed by atoms with E-state index in [1.54, 1.807) is 24.5 Å². The van der Waals surface area contributed by atoms with Crippen LogP contribution in [0.3, 0.4) is 0 Å². The first-order valence-electron chi connectivity index (χ1n) is 8.40. The van der Waals surface area contributed by atoms with Crippen LogP contribution < -0.4 is 5.32 Å². The number of carbonyl (C=O) groups excluding carboxylic acids is 1. The summed E-state index contributed by atoms with van der Waals surface area (Å²) in [7, 11) is 0. The van der Waals surface area contributed by atoms with Crippen LogP contribution in [0.15, 0.2) is 54.9 Å². The van der Waals surface area contributed by atoms with Crippen molar-refractivity contribution >= 4 is 30.7 Å². The van der Waals surface area contributed by atoms with Crippen LogP contribution >= 0.6 is 24.8 Å². The highest BCUT2D eigenvalue weighted by atomic mass is 35.5. The number of aliphatic hydroxyl groups excluding tert-OH is 1. The Labute approximate surface area is 166 Å². The average molecular weight is 398 g/mol. The van der Waals surface area contributed by atoms with Gasteiger partial charge in [-0.3, -0.25) is 15.1 Å². The zero-order chi connectivity index (χ0) is 16.8. The molecule has 0 spiro atoms. The zero-order valence-corrected chi connectivity index (χ0v) is 16.1. The maximum Gasteiger partial charge on any atom is 0.242 e. The van der Waals surface area contributed by atoms with Gasteiger partial charge in [-0.1, -0.05) is 30.3 Å². The quantitative estimate of drug-likeness (QED) is 0.786. The van der Waals surface area contributed by atoms with E-state index < -0.39 is 12.1 Å². The van der Waals surface area contributed by atoms with Crippen molar-refractivity contribution in [3.05, 3.63) is 66.0 Å². The van der Waals surface area contributed by atoms with Crippen LogP contribution in [0.5, 0.6) is 0 Å². The molecular weight excluding hydrogens is 373 g/mol. The van der Waals surface area contributed by atoms with Gasteiger partial charge in [0.25, 0.3) is 0 Å². The molecule has 2 atom stereocenters. The number of pyridine rings is 1. The number of halogens is 2. The molecular formula is C19H25Cl2N3O2. The van der Waals surface area contributed by atoms with Gasteiger partial charge in [0.1, 0.15) is 12.1 Å². The number of likely N-dealkylation sites (tertiary alicyclic amines) is 1. The number of carbonyl (C=O) groups is 1. The van der Waals surface area contributed by atoms with Crippen LogP contribution in [-0.2, 0) is 11.3 Å². The maximum absolute atomic E-state index is 12.9. The van der Waals surface area contributed by atoms with Crippen molar-refractivity contribution in [3.63, 3.8) is 0 Å². The van der Waals surface area contributed by atoms with Crippen LogP contribution in [0.2, 0.25) is 0 Å². The van der Waals surface area contributed by atoms with Crippen LogP contribution in [0.25, 0.3) is 0 Å². The minimum Gasteiger partial charge on any atom is -0.386 e. The van der Waals surface area contributed by atoms with E-state index in [1.165, 1.54) is 0 Å². The smallest absolute Gasteiger partial charge is 0.242 e. The third-order valence-electron chi connectivity index (χ3n) is 4.42. The normalized spacial score (nSPS) is 15.5. The van der Waals surface area contributed by atoms with Crippen molar-refractivity contribution in [1.82, 2.24) is 15.2 Å². The van der Waals surface area contributed by atoms with Gasteiger partial charge in [0.15, 0.2) is 0 Å². The van der Waals surface area contributed by atoms with E-state index in [9.17, 15) is 9.90 Å². The van der Waals surface area contributed by atoms with E-state index in [-0.39, 0.29) is 30.7 Å². The van der Waals surface area contributed by atoms with Gasteiger partial charge >= 0.3 is 0 Å². The van der Waals surface area contributed by atoms with Gasteiger partial charge in [-0.15, -0.1) is 24.8 Å². The molecule has 0 bridgehead atoms. The molecule has 1 amide bonds. The van der Waals surface area contributed by atoms with Gasteiger partial charge in [0, 0.05) is 32.0 Å². The fourth-order valence-electron chi connectivity index (χ4n) is 3.04. The van der Waals surface area contributed by atoms with Gasteiger partial charge in [0.2, 0.25) is 5.91 Å². The zero-order valence-electron chi connectivity index (χ0n) is 14.5. The van der Waals surface area contributed by atoms with Crippen LogP contribution in [-0.4, -0.2) is 40.0 Å². The third kappa shape index (κ3) is 5.68. The Morgan fingerprint density at radius 3 is 2.31 bits per heavy atom. The van der Waals surface area contributed by atoms with Crippen molar-refractivity contribution in [2.75, 3.05) is 13.1 Å². The van der Waals surface area contributed by atoms with Gasteiger partial charge in [0.05, 0.1) is 0 Å². The van der Waals surface area contributed by atoms with E-state index in [0.29, 0.717) is 12.1 Å². The van der Waals surface area contributed by atoms with Crippen molar-refractivity contribution in [2.24, 2.45) is 0 Å². The minimum atomic E-state index is -0.898. The summed E-state index contributed by atoms with van der Waals surface area (Å²) in [4.78, 5) is 18.7. The van der Waals surface area contributed by atoms with Crippen LogP contribution in [0.4, 0.5) is 0 Å². The molecule has 2 heterocycles. The first-order chi connectivity index (χ1) is 11.8. The van der Waals surface area contributed by atoms with Crippen LogP contribution in [0, 0.1) is 0 Å². The Kier molecular flexibility index (Phi) is 9.59. The average Bonchev–Trinajstić information content (AvgIpc) is 3.18.